The van der Waals surface area contributed by atoms with Gasteiger partial charge in [-0.25, -0.2) is 0 Å². The van der Waals surface area contributed by atoms with E-state index in [1.54, 1.807) is 25.4 Å². The third-order valence-corrected chi connectivity index (χ3v) is 5.93. The Hall–Kier alpha value is -2.50. The minimum Gasteiger partial charge on any atom is -0.343 e. The van der Waals surface area contributed by atoms with E-state index in [1.807, 2.05) is 24.3 Å². The first kappa shape index (κ1) is 17.9. The summed E-state index contributed by atoms with van der Waals surface area (Å²) >= 11 is 7.59. The van der Waals surface area contributed by atoms with Gasteiger partial charge in [-0.15, -0.1) is 16.4 Å². The Morgan fingerprint density at radius 1 is 1.22 bits per heavy atom. The normalized spacial score (nSPS) is 13.2. The molecular formula is C21H18ClN3OS. The molecular weight excluding hydrogens is 378 g/mol. The number of nitrogens with zero attached hydrogens (tertiary/aromatic N) is 3. The smallest absolute Gasteiger partial charge is 0.275 e. The van der Waals surface area contributed by atoms with E-state index >= 15 is 0 Å². The zero-order chi connectivity index (χ0) is 19.0. The quantitative estimate of drug-likeness (QED) is 0.614. The molecule has 1 aliphatic carbocycles. The topological polar surface area (TPSA) is 46.1 Å². The maximum atomic E-state index is 12.6. The Bertz CT molecular complexity index is 1080. The first-order valence-corrected chi connectivity index (χ1v) is 9.84. The van der Waals surface area contributed by atoms with E-state index in [0.717, 1.165) is 32.6 Å². The van der Waals surface area contributed by atoms with E-state index in [0.29, 0.717) is 17.1 Å². The number of thiophene rings is 1. The lowest BCUT2D eigenvalue weighted by atomic mass is 10.1. The number of carbonyl (C=O) groups is 1. The lowest BCUT2D eigenvalue weighted by Gasteiger charge is -2.10. The van der Waals surface area contributed by atoms with Gasteiger partial charge in [0.25, 0.3) is 5.91 Å². The average Bonchev–Trinajstić information content (AvgIpc) is 3.32. The second kappa shape index (κ2) is 7.25. The highest BCUT2D eigenvalue weighted by atomic mass is 35.5. The summed E-state index contributed by atoms with van der Waals surface area (Å²) in [6.45, 7) is 0. The van der Waals surface area contributed by atoms with Gasteiger partial charge in [0.15, 0.2) is 5.69 Å². The molecule has 2 heterocycles. The summed E-state index contributed by atoms with van der Waals surface area (Å²) < 4.78 is 0.881. The van der Waals surface area contributed by atoms with Gasteiger partial charge < -0.3 is 4.90 Å². The van der Waals surface area contributed by atoms with Gasteiger partial charge in [0.2, 0.25) is 0 Å². The van der Waals surface area contributed by atoms with E-state index in [2.05, 4.69) is 34.5 Å². The molecule has 4 rings (SSSR count). The molecule has 1 amide bonds. The molecule has 3 aromatic rings. The van der Waals surface area contributed by atoms with Crippen LogP contribution in [-0.4, -0.2) is 35.1 Å². The van der Waals surface area contributed by atoms with Crippen molar-refractivity contribution in [2.45, 2.75) is 12.8 Å². The summed E-state index contributed by atoms with van der Waals surface area (Å²) in [4.78, 5) is 15.2. The van der Waals surface area contributed by atoms with Crippen molar-refractivity contribution in [1.29, 1.82) is 0 Å². The van der Waals surface area contributed by atoms with Crippen molar-refractivity contribution >= 4 is 38.9 Å². The highest BCUT2D eigenvalue weighted by Crippen LogP contribution is 2.37. The molecule has 0 saturated heterocycles. The van der Waals surface area contributed by atoms with Crippen LogP contribution in [0.4, 0.5) is 0 Å². The molecule has 27 heavy (non-hydrogen) atoms. The van der Waals surface area contributed by atoms with Gasteiger partial charge in [0.05, 0.1) is 10.4 Å². The molecule has 6 heteroatoms. The molecule has 0 N–H and O–H groups in total. The Balaban J connectivity index is 1.87. The van der Waals surface area contributed by atoms with Crippen molar-refractivity contribution in [1.82, 2.24) is 15.1 Å². The number of carbonyl (C=O) groups excluding carboxylic acids is 1. The molecule has 2 aromatic heterocycles. The molecule has 4 nitrogen and oxygen atoms in total. The van der Waals surface area contributed by atoms with Crippen molar-refractivity contribution in [3.8, 4) is 10.4 Å². The van der Waals surface area contributed by atoms with Crippen molar-refractivity contribution in [2.75, 3.05) is 14.1 Å². The first-order chi connectivity index (χ1) is 13.0. The number of hydrogen-bond acceptors (Lipinski definition) is 4. The summed E-state index contributed by atoms with van der Waals surface area (Å²) in [6.07, 6.45) is 8.13. The minimum atomic E-state index is -0.136. The standard InChI is InChI=1S/C21H18ClN3OS/c1-25(2)21(26)19-20-16(17(23-24-19)11-13-5-3-4-6-13)12-18(27-20)14-7-9-15(22)10-8-14/h3,5-10,12H,4,11H2,1-2H3. The van der Waals surface area contributed by atoms with Crippen molar-refractivity contribution < 1.29 is 4.79 Å². The molecule has 0 saturated carbocycles. The fourth-order valence-corrected chi connectivity index (χ4v) is 4.35. The van der Waals surface area contributed by atoms with Crippen LogP contribution in [0.25, 0.3) is 20.5 Å². The van der Waals surface area contributed by atoms with Crippen LogP contribution in [0.15, 0.2) is 54.1 Å². The molecule has 0 fully saturated rings. The maximum Gasteiger partial charge on any atom is 0.275 e. The fourth-order valence-electron chi connectivity index (χ4n) is 3.06. The maximum absolute atomic E-state index is 12.6. The summed E-state index contributed by atoms with van der Waals surface area (Å²) in [7, 11) is 3.46. The largest absolute Gasteiger partial charge is 0.343 e. The predicted molar refractivity (Wildman–Crippen MR) is 111 cm³/mol. The van der Waals surface area contributed by atoms with Gasteiger partial charge in [0, 0.05) is 35.8 Å². The summed E-state index contributed by atoms with van der Waals surface area (Å²) in [6, 6.07) is 9.84. The molecule has 0 radical (unpaired) electrons. The zero-order valence-electron chi connectivity index (χ0n) is 15.1. The Morgan fingerprint density at radius 3 is 2.67 bits per heavy atom. The van der Waals surface area contributed by atoms with Gasteiger partial charge in [0.1, 0.15) is 0 Å². The minimum absolute atomic E-state index is 0.136. The highest BCUT2D eigenvalue weighted by molar-refractivity contribution is 7.22. The van der Waals surface area contributed by atoms with Crippen LogP contribution in [0.5, 0.6) is 0 Å². The van der Waals surface area contributed by atoms with Crippen LogP contribution in [-0.2, 0) is 6.42 Å². The fraction of sp³-hybridized carbons (Fsp3) is 0.190. The van der Waals surface area contributed by atoms with Crippen LogP contribution in [0, 0.1) is 0 Å². The van der Waals surface area contributed by atoms with E-state index in [1.165, 1.54) is 10.5 Å². The van der Waals surface area contributed by atoms with Gasteiger partial charge in [-0.3, -0.25) is 4.79 Å². The number of hydrogen-bond donors (Lipinski definition) is 0. The van der Waals surface area contributed by atoms with Crippen LogP contribution >= 0.6 is 22.9 Å². The summed E-state index contributed by atoms with van der Waals surface area (Å²) in [5, 5.41) is 10.4. The van der Waals surface area contributed by atoms with Crippen LogP contribution in [0.2, 0.25) is 5.02 Å². The van der Waals surface area contributed by atoms with Gasteiger partial charge in [-0.1, -0.05) is 42.0 Å². The van der Waals surface area contributed by atoms with Gasteiger partial charge in [-0.2, -0.15) is 5.10 Å². The molecule has 0 spiro atoms. The lowest BCUT2D eigenvalue weighted by molar-refractivity contribution is 0.0823. The van der Waals surface area contributed by atoms with Crippen LogP contribution < -0.4 is 0 Å². The Labute approximate surface area is 166 Å². The second-order valence-corrected chi connectivity index (χ2v) is 8.14. The van der Waals surface area contributed by atoms with E-state index < -0.39 is 0 Å². The zero-order valence-corrected chi connectivity index (χ0v) is 16.6. The number of allylic oxidation sites excluding steroid dienone is 4. The van der Waals surface area contributed by atoms with Crippen molar-refractivity contribution in [3.05, 3.63) is 70.5 Å². The predicted octanol–water partition coefficient (Wildman–Crippen LogP) is 5.14. The number of amides is 1. The molecule has 0 aliphatic heterocycles. The van der Waals surface area contributed by atoms with E-state index in [4.69, 9.17) is 11.6 Å². The molecule has 0 unspecified atom stereocenters. The summed E-state index contributed by atoms with van der Waals surface area (Å²) in [5.41, 5.74) is 3.60. The number of aromatic nitrogens is 2. The lowest BCUT2D eigenvalue weighted by Crippen LogP contribution is -2.23. The van der Waals surface area contributed by atoms with Gasteiger partial charge >= 0.3 is 0 Å². The summed E-state index contributed by atoms with van der Waals surface area (Å²) in [5.74, 6) is -0.136. The van der Waals surface area contributed by atoms with Crippen LogP contribution in [0.3, 0.4) is 0 Å². The molecule has 136 valence electrons. The van der Waals surface area contributed by atoms with Gasteiger partial charge in [-0.05, 0) is 35.8 Å². The van der Waals surface area contributed by atoms with E-state index in [9.17, 15) is 4.79 Å². The molecule has 1 aromatic carbocycles. The SMILES string of the molecule is CN(C)C(=O)c1nnc(CC2=CCC=C2)c2cc(-c3ccc(Cl)cc3)sc12. The number of fused-ring (bicyclic) bond motifs is 1. The number of rotatable bonds is 4. The van der Waals surface area contributed by atoms with Crippen molar-refractivity contribution in [2.24, 2.45) is 0 Å². The average molecular weight is 396 g/mol. The number of halogens is 1. The van der Waals surface area contributed by atoms with Crippen LogP contribution in [0.1, 0.15) is 22.6 Å². The molecule has 0 atom stereocenters. The Morgan fingerprint density at radius 2 is 2.00 bits per heavy atom. The van der Waals surface area contributed by atoms with E-state index in [-0.39, 0.29) is 5.91 Å². The third kappa shape index (κ3) is 3.53. The van der Waals surface area contributed by atoms with Crippen molar-refractivity contribution in [3.63, 3.8) is 0 Å². The first-order valence-electron chi connectivity index (χ1n) is 8.65. The Kier molecular flexibility index (Phi) is 4.81. The highest BCUT2D eigenvalue weighted by Gasteiger charge is 2.21. The monoisotopic (exact) mass is 395 g/mol. The molecule has 0 bridgehead atoms. The number of benzene rings is 1. The second-order valence-electron chi connectivity index (χ2n) is 6.65. The third-order valence-electron chi connectivity index (χ3n) is 4.49. The molecule has 1 aliphatic rings.